The number of anilines is 2. The molecule has 0 spiro atoms. The summed E-state index contributed by atoms with van der Waals surface area (Å²) in [4.78, 5) is 15.2. The van der Waals surface area contributed by atoms with Gasteiger partial charge in [-0.25, -0.2) is 0 Å². The molecule has 1 aliphatic rings. The molecule has 0 aliphatic carbocycles. The number of para-hydroxylation sites is 1. The first-order valence-corrected chi connectivity index (χ1v) is 8.93. The zero-order valence-corrected chi connectivity index (χ0v) is 15.4. The molecule has 1 unspecified atom stereocenters. The van der Waals surface area contributed by atoms with Crippen LogP contribution in [0.5, 0.6) is 0 Å². The van der Waals surface area contributed by atoms with Gasteiger partial charge in [-0.1, -0.05) is 41.9 Å². The number of nitrogens with one attached hydrogen (secondary N) is 1. The number of fused-ring (bicyclic) bond motifs is 1. The molecule has 3 nitrogen and oxygen atoms in total. The molecule has 1 atom stereocenters. The lowest BCUT2D eigenvalue weighted by molar-refractivity contribution is 0.0975. The van der Waals surface area contributed by atoms with E-state index in [-0.39, 0.29) is 12.1 Å². The van der Waals surface area contributed by atoms with Crippen molar-refractivity contribution in [3.8, 4) is 0 Å². The topological polar surface area (TPSA) is 32.3 Å². The van der Waals surface area contributed by atoms with Gasteiger partial charge in [-0.05, 0) is 66.9 Å². The van der Waals surface area contributed by atoms with Gasteiger partial charge in [0.2, 0.25) is 0 Å². The molecule has 1 N–H and O–H groups in total. The third-order valence-electron chi connectivity index (χ3n) is 4.60. The van der Waals surface area contributed by atoms with Crippen molar-refractivity contribution in [1.29, 1.82) is 0 Å². The molecule has 1 aliphatic heterocycles. The van der Waals surface area contributed by atoms with Crippen molar-refractivity contribution in [3.05, 3.63) is 94.0 Å². The van der Waals surface area contributed by atoms with Gasteiger partial charge in [0, 0.05) is 16.4 Å². The number of hydrogen-bond acceptors (Lipinski definition) is 2. The van der Waals surface area contributed by atoms with E-state index in [2.05, 4.69) is 11.4 Å². The maximum atomic E-state index is 13.4. The first-order chi connectivity index (χ1) is 12.5. The highest BCUT2D eigenvalue weighted by Crippen LogP contribution is 2.37. The smallest absolute Gasteiger partial charge is 0.262 e. The van der Waals surface area contributed by atoms with E-state index in [1.807, 2.05) is 79.4 Å². The van der Waals surface area contributed by atoms with Gasteiger partial charge < -0.3 is 5.32 Å². The molecule has 1 amide bonds. The fraction of sp³-hybridized carbons (Fsp3) is 0.136. The second kappa shape index (κ2) is 6.50. The van der Waals surface area contributed by atoms with Crippen LogP contribution in [0.4, 0.5) is 11.4 Å². The van der Waals surface area contributed by atoms with Crippen molar-refractivity contribution in [1.82, 2.24) is 0 Å². The van der Waals surface area contributed by atoms with Gasteiger partial charge in [0.1, 0.15) is 6.17 Å². The first-order valence-electron chi connectivity index (χ1n) is 8.56. The Balaban J connectivity index is 1.88. The second-order valence-corrected chi connectivity index (χ2v) is 7.10. The number of nitrogens with zero attached hydrogens (tertiary/aromatic N) is 1. The van der Waals surface area contributed by atoms with Gasteiger partial charge in [0.05, 0.1) is 5.56 Å². The maximum absolute atomic E-state index is 13.4. The Morgan fingerprint density at radius 1 is 0.923 bits per heavy atom. The molecule has 4 heteroatoms. The van der Waals surface area contributed by atoms with Gasteiger partial charge >= 0.3 is 0 Å². The van der Waals surface area contributed by atoms with E-state index in [1.165, 1.54) is 0 Å². The molecule has 0 saturated carbocycles. The average molecular weight is 363 g/mol. The van der Waals surface area contributed by atoms with Crippen LogP contribution < -0.4 is 10.2 Å². The minimum absolute atomic E-state index is 0.00991. The minimum atomic E-state index is -0.295. The van der Waals surface area contributed by atoms with Crippen molar-refractivity contribution in [2.75, 3.05) is 10.2 Å². The van der Waals surface area contributed by atoms with E-state index in [9.17, 15) is 4.79 Å². The van der Waals surface area contributed by atoms with E-state index >= 15 is 0 Å². The molecule has 0 radical (unpaired) electrons. The Morgan fingerprint density at radius 2 is 1.58 bits per heavy atom. The number of benzene rings is 3. The monoisotopic (exact) mass is 362 g/mol. The number of carbonyl (C=O) groups is 1. The van der Waals surface area contributed by atoms with Crippen LogP contribution in [0.25, 0.3) is 0 Å². The lowest BCUT2D eigenvalue weighted by Crippen LogP contribution is -2.43. The number of halogens is 1. The lowest BCUT2D eigenvalue weighted by atomic mass is 10.0. The summed E-state index contributed by atoms with van der Waals surface area (Å²) in [5.41, 5.74) is 5.64. The van der Waals surface area contributed by atoms with Crippen LogP contribution in [0.2, 0.25) is 5.02 Å². The second-order valence-electron chi connectivity index (χ2n) is 6.67. The Kier molecular flexibility index (Phi) is 4.17. The summed E-state index contributed by atoms with van der Waals surface area (Å²) in [6.07, 6.45) is -0.295. The predicted octanol–water partition coefficient (Wildman–Crippen LogP) is 5.73. The van der Waals surface area contributed by atoms with Crippen molar-refractivity contribution in [3.63, 3.8) is 0 Å². The van der Waals surface area contributed by atoms with Crippen molar-refractivity contribution < 1.29 is 4.79 Å². The van der Waals surface area contributed by atoms with E-state index in [4.69, 9.17) is 11.6 Å². The molecule has 130 valence electrons. The standard InChI is InChI=1S/C22H19ClN2O/c1-14-11-15(2)13-18(12-14)25-21(16-7-9-17(23)10-8-16)24-20-6-4-3-5-19(20)22(25)26/h3-13,21,24H,1-2H3. The Labute approximate surface area is 158 Å². The van der Waals surface area contributed by atoms with Crippen LogP contribution in [0.3, 0.4) is 0 Å². The highest BCUT2D eigenvalue weighted by atomic mass is 35.5. The molecule has 3 aromatic rings. The number of amides is 1. The summed E-state index contributed by atoms with van der Waals surface area (Å²) < 4.78 is 0. The van der Waals surface area contributed by atoms with Gasteiger partial charge in [-0.2, -0.15) is 0 Å². The molecule has 4 rings (SSSR count). The molecular weight excluding hydrogens is 344 g/mol. The Hall–Kier alpha value is -2.78. The zero-order chi connectivity index (χ0) is 18.3. The summed E-state index contributed by atoms with van der Waals surface area (Å²) >= 11 is 6.05. The molecular formula is C22H19ClN2O. The summed E-state index contributed by atoms with van der Waals surface area (Å²) in [6.45, 7) is 4.09. The maximum Gasteiger partial charge on any atom is 0.262 e. The SMILES string of the molecule is Cc1cc(C)cc(N2C(=O)c3ccccc3NC2c2ccc(Cl)cc2)c1. The summed E-state index contributed by atoms with van der Waals surface area (Å²) in [5.74, 6) is -0.00991. The van der Waals surface area contributed by atoms with Gasteiger partial charge in [0.25, 0.3) is 5.91 Å². The minimum Gasteiger partial charge on any atom is -0.360 e. The van der Waals surface area contributed by atoms with Crippen LogP contribution in [0.1, 0.15) is 33.2 Å². The zero-order valence-electron chi connectivity index (χ0n) is 14.7. The molecule has 1 heterocycles. The van der Waals surface area contributed by atoms with E-state index < -0.39 is 0 Å². The normalized spacial score (nSPS) is 16.2. The molecule has 0 saturated heterocycles. The molecule has 0 aromatic heterocycles. The van der Waals surface area contributed by atoms with Crippen LogP contribution in [0, 0.1) is 13.8 Å². The lowest BCUT2D eigenvalue weighted by Gasteiger charge is -2.38. The molecule has 3 aromatic carbocycles. The third-order valence-corrected chi connectivity index (χ3v) is 4.85. The fourth-order valence-electron chi connectivity index (χ4n) is 3.49. The molecule has 0 bridgehead atoms. The largest absolute Gasteiger partial charge is 0.360 e. The highest BCUT2D eigenvalue weighted by Gasteiger charge is 2.34. The van der Waals surface area contributed by atoms with E-state index in [1.54, 1.807) is 0 Å². The van der Waals surface area contributed by atoms with Gasteiger partial charge in [0.15, 0.2) is 0 Å². The number of hydrogen-bond donors (Lipinski definition) is 1. The summed E-state index contributed by atoms with van der Waals surface area (Å²) in [5, 5.41) is 4.19. The van der Waals surface area contributed by atoms with Crippen molar-refractivity contribution in [2.24, 2.45) is 0 Å². The summed E-state index contributed by atoms with van der Waals surface area (Å²) in [6, 6.07) is 21.4. The van der Waals surface area contributed by atoms with Crippen LogP contribution in [0.15, 0.2) is 66.7 Å². The number of carbonyl (C=O) groups excluding carboxylic acids is 1. The highest BCUT2D eigenvalue weighted by molar-refractivity contribution is 6.30. The van der Waals surface area contributed by atoms with Gasteiger partial charge in [-0.3, -0.25) is 9.69 Å². The third kappa shape index (κ3) is 2.95. The average Bonchev–Trinajstić information content (AvgIpc) is 2.61. The van der Waals surface area contributed by atoms with Crippen LogP contribution in [-0.2, 0) is 0 Å². The van der Waals surface area contributed by atoms with Crippen LogP contribution >= 0.6 is 11.6 Å². The van der Waals surface area contributed by atoms with Crippen molar-refractivity contribution >= 4 is 28.9 Å². The van der Waals surface area contributed by atoms with Gasteiger partial charge in [-0.15, -0.1) is 0 Å². The fourth-order valence-corrected chi connectivity index (χ4v) is 3.61. The Morgan fingerprint density at radius 3 is 2.27 bits per heavy atom. The number of aryl methyl sites for hydroxylation is 2. The summed E-state index contributed by atoms with van der Waals surface area (Å²) in [7, 11) is 0. The molecule has 0 fully saturated rings. The van der Waals surface area contributed by atoms with Crippen LogP contribution in [-0.4, -0.2) is 5.91 Å². The molecule has 26 heavy (non-hydrogen) atoms. The number of rotatable bonds is 2. The van der Waals surface area contributed by atoms with E-state index in [0.29, 0.717) is 10.6 Å². The predicted molar refractivity (Wildman–Crippen MR) is 107 cm³/mol. The quantitative estimate of drug-likeness (QED) is 0.631. The van der Waals surface area contributed by atoms with Crippen molar-refractivity contribution in [2.45, 2.75) is 20.0 Å². The first kappa shape index (κ1) is 16.7. The van der Waals surface area contributed by atoms with E-state index in [0.717, 1.165) is 28.1 Å². The Bertz CT molecular complexity index is 961.